The number of carbonyl (C=O) groups excluding carboxylic acids is 3. The number of aromatic nitrogens is 1. The first kappa shape index (κ1) is 25.4. The maximum atomic E-state index is 13.5. The van der Waals surface area contributed by atoms with Gasteiger partial charge in [-0.25, -0.2) is 27.9 Å². The number of para-hydroxylation sites is 1. The first-order valence-electron chi connectivity index (χ1n) is 11.2. The molecule has 13 heteroatoms. The highest BCUT2D eigenvalue weighted by atomic mass is 32.2. The van der Waals surface area contributed by atoms with Gasteiger partial charge in [0.25, 0.3) is 15.7 Å². The summed E-state index contributed by atoms with van der Waals surface area (Å²) in [6.45, 7) is 1.76. The molecule has 2 aromatic carbocycles. The van der Waals surface area contributed by atoms with E-state index in [0.29, 0.717) is 18.6 Å². The second-order valence-corrected chi connectivity index (χ2v) is 10.8. The molecule has 2 heterocycles. The minimum Gasteiger partial charge on any atom is -0.422 e. The summed E-state index contributed by atoms with van der Waals surface area (Å²) in [6.07, 6.45) is 1.59. The lowest BCUT2D eigenvalue weighted by molar-refractivity contribution is -0.119. The van der Waals surface area contributed by atoms with E-state index < -0.39 is 43.7 Å². The third-order valence-corrected chi connectivity index (χ3v) is 8.00. The van der Waals surface area contributed by atoms with Crippen LogP contribution in [-0.2, 0) is 14.6 Å². The molecule has 3 aromatic rings. The average molecular weight is 545 g/mol. The van der Waals surface area contributed by atoms with Crippen LogP contribution in [0, 0.1) is 5.92 Å². The summed E-state index contributed by atoms with van der Waals surface area (Å²) in [4.78, 5) is 44.6. The van der Waals surface area contributed by atoms with E-state index in [1.54, 1.807) is 37.3 Å². The highest BCUT2D eigenvalue weighted by molar-refractivity contribution is 7.92. The van der Waals surface area contributed by atoms with Crippen molar-refractivity contribution in [3.8, 4) is 5.75 Å². The van der Waals surface area contributed by atoms with E-state index in [2.05, 4.69) is 4.98 Å². The van der Waals surface area contributed by atoms with Crippen molar-refractivity contribution >= 4 is 39.1 Å². The summed E-state index contributed by atoms with van der Waals surface area (Å²) in [7, 11) is -5.60. The van der Waals surface area contributed by atoms with Gasteiger partial charge in [-0.1, -0.05) is 25.1 Å². The Hall–Kier alpha value is -4.26. The van der Waals surface area contributed by atoms with Crippen LogP contribution in [0.3, 0.4) is 0 Å². The van der Waals surface area contributed by atoms with Gasteiger partial charge in [-0.05, 0) is 60.9 Å². The van der Waals surface area contributed by atoms with Gasteiger partial charge in [-0.3, -0.25) is 9.69 Å². The van der Waals surface area contributed by atoms with Gasteiger partial charge >= 0.3 is 17.5 Å². The second kappa shape index (κ2) is 8.65. The van der Waals surface area contributed by atoms with Crippen LogP contribution < -0.4 is 14.5 Å². The molecule has 196 valence electrons. The second-order valence-electron chi connectivity index (χ2n) is 8.83. The Morgan fingerprint density at radius 1 is 1.03 bits per heavy atom. The van der Waals surface area contributed by atoms with Crippen molar-refractivity contribution < 1.29 is 40.7 Å². The van der Waals surface area contributed by atoms with Crippen molar-refractivity contribution in [3.05, 3.63) is 78.6 Å². The number of esters is 1. The molecule has 0 N–H and O–H groups in total. The largest absolute Gasteiger partial charge is 0.501 e. The molecule has 38 heavy (non-hydrogen) atoms. The molecule has 9 nitrogen and oxygen atoms in total. The van der Waals surface area contributed by atoms with E-state index in [1.807, 2.05) is 0 Å². The molecule has 2 fully saturated rings. The molecule has 1 saturated heterocycles. The van der Waals surface area contributed by atoms with Gasteiger partial charge in [0.05, 0.1) is 16.3 Å². The molecular weight excluding hydrogens is 527 g/mol. The SMILES string of the molecule is CC1CC12C(=O)N(c1ccc(S(=O)(=O)C(F)(F)F)cc1)C(=O)N2c1ccnc(C(=O)Oc2ccccc2)c1. The number of benzene rings is 2. The van der Waals surface area contributed by atoms with Gasteiger partial charge in [0.2, 0.25) is 0 Å². The number of rotatable bonds is 5. The minimum absolute atomic E-state index is 0.0973. The topological polar surface area (TPSA) is 114 Å². The molecule has 5 rings (SSSR count). The number of sulfone groups is 1. The Labute approximate surface area is 214 Å². The van der Waals surface area contributed by atoms with Crippen molar-refractivity contribution in [1.29, 1.82) is 0 Å². The summed E-state index contributed by atoms with van der Waals surface area (Å²) in [6, 6.07) is 13.5. The molecule has 2 aliphatic rings. The highest BCUT2D eigenvalue weighted by Crippen LogP contribution is 2.55. The van der Waals surface area contributed by atoms with E-state index >= 15 is 0 Å². The van der Waals surface area contributed by atoms with Crippen LogP contribution in [0.4, 0.5) is 29.3 Å². The van der Waals surface area contributed by atoms with E-state index in [4.69, 9.17) is 4.74 Å². The fraction of sp³-hybridized carbons (Fsp3) is 0.200. The summed E-state index contributed by atoms with van der Waals surface area (Å²) < 4.78 is 67.4. The standard InChI is InChI=1S/C25H18F3N3O6S/c1-15-14-24(15)22(33)30(16-7-9-19(10-8-16)38(35,36)25(26,27)28)23(34)31(24)17-11-12-29-20(13-17)21(32)37-18-5-3-2-4-6-18/h2-13,15H,14H2,1H3. The number of carbonyl (C=O) groups is 3. The predicted octanol–water partition coefficient (Wildman–Crippen LogP) is 4.35. The normalized spacial score (nSPS) is 21.2. The molecule has 3 amide bonds. The number of nitrogens with zero attached hydrogens (tertiary/aromatic N) is 3. The van der Waals surface area contributed by atoms with Gasteiger partial charge in [0, 0.05) is 6.20 Å². The van der Waals surface area contributed by atoms with Crippen LogP contribution >= 0.6 is 0 Å². The number of hydrogen-bond acceptors (Lipinski definition) is 7. The van der Waals surface area contributed by atoms with Crippen molar-refractivity contribution in [2.75, 3.05) is 9.80 Å². The zero-order chi connectivity index (χ0) is 27.5. The lowest BCUT2D eigenvalue weighted by atomic mass is 10.1. The zero-order valence-corrected chi connectivity index (χ0v) is 20.4. The molecule has 2 atom stereocenters. The van der Waals surface area contributed by atoms with Gasteiger partial charge in [-0.2, -0.15) is 13.2 Å². The number of halogens is 3. The number of ether oxygens (including phenoxy) is 1. The third kappa shape index (κ3) is 3.90. The molecule has 1 aromatic heterocycles. The maximum Gasteiger partial charge on any atom is 0.501 e. The van der Waals surface area contributed by atoms with E-state index in [-0.39, 0.29) is 28.7 Å². The third-order valence-electron chi connectivity index (χ3n) is 6.50. The summed E-state index contributed by atoms with van der Waals surface area (Å²) in [5.74, 6) is -1.38. The molecule has 0 radical (unpaired) electrons. The van der Waals surface area contributed by atoms with Crippen LogP contribution in [0.1, 0.15) is 23.8 Å². The fourth-order valence-electron chi connectivity index (χ4n) is 4.46. The Bertz CT molecular complexity index is 1560. The Morgan fingerprint density at radius 2 is 1.66 bits per heavy atom. The quantitative estimate of drug-likeness (QED) is 0.266. The lowest BCUT2D eigenvalue weighted by Crippen LogP contribution is -2.39. The molecule has 1 saturated carbocycles. The van der Waals surface area contributed by atoms with Gasteiger partial charge < -0.3 is 4.74 Å². The molecule has 1 aliphatic carbocycles. The molecule has 1 aliphatic heterocycles. The van der Waals surface area contributed by atoms with Gasteiger partial charge in [0.15, 0.2) is 5.69 Å². The van der Waals surface area contributed by atoms with Gasteiger partial charge in [-0.15, -0.1) is 0 Å². The first-order chi connectivity index (χ1) is 17.9. The smallest absolute Gasteiger partial charge is 0.422 e. The van der Waals surface area contributed by atoms with Crippen LogP contribution in [0.25, 0.3) is 0 Å². The van der Waals surface area contributed by atoms with Crippen LogP contribution in [0.2, 0.25) is 0 Å². The van der Waals surface area contributed by atoms with Gasteiger partial charge in [0.1, 0.15) is 11.3 Å². The number of hydrogen-bond donors (Lipinski definition) is 0. The number of alkyl halides is 3. The predicted molar refractivity (Wildman–Crippen MR) is 127 cm³/mol. The first-order valence-corrected chi connectivity index (χ1v) is 12.7. The van der Waals surface area contributed by atoms with Crippen LogP contribution in [-0.4, -0.2) is 42.4 Å². The highest BCUT2D eigenvalue weighted by Gasteiger charge is 2.70. The summed E-state index contributed by atoms with van der Waals surface area (Å²) in [5.41, 5.74) is -6.79. The lowest BCUT2D eigenvalue weighted by Gasteiger charge is -2.22. The number of urea groups is 1. The number of imide groups is 1. The van der Waals surface area contributed by atoms with E-state index in [1.165, 1.54) is 23.2 Å². The van der Waals surface area contributed by atoms with Crippen molar-refractivity contribution in [3.63, 3.8) is 0 Å². The molecule has 2 unspecified atom stereocenters. The van der Waals surface area contributed by atoms with Crippen molar-refractivity contribution in [2.45, 2.75) is 29.3 Å². The number of pyridine rings is 1. The Balaban J connectivity index is 1.47. The Morgan fingerprint density at radius 3 is 2.24 bits per heavy atom. The maximum absolute atomic E-state index is 13.5. The molecule has 0 bridgehead atoms. The zero-order valence-electron chi connectivity index (χ0n) is 19.5. The monoisotopic (exact) mass is 545 g/mol. The summed E-state index contributed by atoms with van der Waals surface area (Å²) >= 11 is 0. The number of anilines is 2. The number of amides is 3. The minimum atomic E-state index is -5.60. The summed E-state index contributed by atoms with van der Waals surface area (Å²) in [5, 5.41) is 0. The van der Waals surface area contributed by atoms with Crippen LogP contribution in [0.5, 0.6) is 5.75 Å². The van der Waals surface area contributed by atoms with Crippen molar-refractivity contribution in [2.24, 2.45) is 5.92 Å². The average Bonchev–Trinajstić information content (AvgIpc) is 3.49. The molecule has 1 spiro atoms. The Kier molecular flexibility index (Phi) is 5.78. The van der Waals surface area contributed by atoms with E-state index in [9.17, 15) is 36.0 Å². The fourth-order valence-corrected chi connectivity index (χ4v) is 5.22. The molecular formula is C25H18F3N3O6S. The van der Waals surface area contributed by atoms with E-state index in [0.717, 1.165) is 17.0 Å². The van der Waals surface area contributed by atoms with Crippen molar-refractivity contribution in [1.82, 2.24) is 4.98 Å². The van der Waals surface area contributed by atoms with Crippen LogP contribution in [0.15, 0.2) is 77.8 Å².